The van der Waals surface area contributed by atoms with Crippen molar-refractivity contribution >= 4 is 17.3 Å². The number of likely N-dealkylation sites (tertiary alicyclic amines) is 1. The van der Waals surface area contributed by atoms with Crippen LogP contribution in [-0.4, -0.2) is 69.3 Å². The summed E-state index contributed by atoms with van der Waals surface area (Å²) in [5, 5.41) is 3.10. The largest absolute Gasteiger partial charge is 0.495 e. The monoisotopic (exact) mass is 505 g/mol. The first-order chi connectivity index (χ1) is 18.0. The maximum atomic E-state index is 13.8. The van der Waals surface area contributed by atoms with E-state index in [1.807, 2.05) is 24.4 Å². The molecule has 0 aliphatic carbocycles. The average Bonchev–Trinajstić information content (AvgIpc) is 3.32. The van der Waals surface area contributed by atoms with Crippen molar-refractivity contribution in [1.29, 1.82) is 0 Å². The Hall–Kier alpha value is -3.33. The lowest BCUT2D eigenvalue weighted by molar-refractivity contribution is -0.118. The second kappa shape index (κ2) is 11.0. The van der Waals surface area contributed by atoms with E-state index in [9.17, 15) is 9.18 Å². The Morgan fingerprint density at radius 2 is 2.00 bits per heavy atom. The molecule has 2 saturated heterocycles. The summed E-state index contributed by atoms with van der Waals surface area (Å²) in [6, 6.07) is 14.9. The summed E-state index contributed by atoms with van der Waals surface area (Å²) in [5.74, 6) is 0.203. The van der Waals surface area contributed by atoms with Crippen LogP contribution in [0.2, 0.25) is 0 Å². The highest BCUT2D eigenvalue weighted by Gasteiger charge is 2.43. The second-order valence-corrected chi connectivity index (χ2v) is 9.95. The van der Waals surface area contributed by atoms with E-state index in [0.29, 0.717) is 35.7 Å². The van der Waals surface area contributed by atoms with Crippen molar-refractivity contribution in [3.8, 4) is 16.9 Å². The van der Waals surface area contributed by atoms with Crippen molar-refractivity contribution in [2.24, 2.45) is 0 Å². The minimum Gasteiger partial charge on any atom is -0.495 e. The van der Waals surface area contributed by atoms with E-state index in [4.69, 9.17) is 9.47 Å². The molecule has 194 valence electrons. The van der Waals surface area contributed by atoms with Gasteiger partial charge in [-0.15, -0.1) is 0 Å². The Morgan fingerprint density at radius 1 is 1.22 bits per heavy atom. The highest BCUT2D eigenvalue weighted by Crippen LogP contribution is 2.49. The SMILES string of the molecule is COc1cc(-c2ccc(F)cc2)c([N+]2(C)CCCC2c2cccnc2)cc1NC(=O)CN1CCOCC1. The first-order valence-electron chi connectivity index (χ1n) is 12.8. The van der Waals surface area contributed by atoms with Crippen LogP contribution in [-0.2, 0) is 9.53 Å². The first kappa shape index (κ1) is 25.3. The quantitative estimate of drug-likeness (QED) is 0.474. The number of nitrogens with zero attached hydrogens (tertiary/aromatic N) is 3. The van der Waals surface area contributed by atoms with Crippen molar-refractivity contribution in [3.63, 3.8) is 0 Å². The average molecular weight is 506 g/mol. The molecular formula is C29H34FN4O3+. The fraction of sp³-hybridized carbons (Fsp3) is 0.379. The van der Waals surface area contributed by atoms with Gasteiger partial charge >= 0.3 is 0 Å². The van der Waals surface area contributed by atoms with Gasteiger partial charge in [-0.2, -0.15) is 0 Å². The summed E-state index contributed by atoms with van der Waals surface area (Å²) in [4.78, 5) is 19.5. The van der Waals surface area contributed by atoms with Crippen molar-refractivity contribution in [2.75, 3.05) is 58.9 Å². The topological polar surface area (TPSA) is 63.7 Å². The molecule has 0 bridgehead atoms. The molecule has 1 amide bonds. The molecule has 8 heteroatoms. The molecule has 2 unspecified atom stereocenters. The van der Waals surface area contributed by atoms with Gasteiger partial charge in [-0.05, 0) is 29.8 Å². The van der Waals surface area contributed by atoms with Gasteiger partial charge in [0.1, 0.15) is 23.3 Å². The molecule has 5 rings (SSSR count). The molecule has 0 radical (unpaired) electrons. The van der Waals surface area contributed by atoms with Crippen LogP contribution in [0, 0.1) is 5.82 Å². The Balaban J connectivity index is 1.57. The number of pyridine rings is 1. The van der Waals surface area contributed by atoms with Crippen molar-refractivity contribution < 1.29 is 18.7 Å². The van der Waals surface area contributed by atoms with E-state index >= 15 is 0 Å². The van der Waals surface area contributed by atoms with Crippen molar-refractivity contribution in [2.45, 2.75) is 18.9 Å². The standard InChI is InChI=1S/C29H33FN4O3/c1-34(14-4-6-26(34)22-5-3-11-31-19-22)27-18-25(32-29(35)20-33-12-15-37-16-13-33)28(36-2)17-24(27)21-7-9-23(30)10-8-21/h3,5,7-11,17-19,26H,4,6,12-16,20H2,1-2H3/p+1. The molecule has 1 N–H and O–H groups in total. The van der Waals surface area contributed by atoms with E-state index in [-0.39, 0.29) is 17.8 Å². The van der Waals surface area contributed by atoms with Crippen LogP contribution in [0.1, 0.15) is 24.4 Å². The number of quaternary nitrogens is 1. The van der Waals surface area contributed by atoms with Crippen LogP contribution in [0.5, 0.6) is 5.75 Å². The molecule has 2 aliphatic heterocycles. The van der Waals surface area contributed by atoms with Gasteiger partial charge in [0.2, 0.25) is 5.91 Å². The van der Waals surface area contributed by atoms with E-state index in [1.54, 1.807) is 25.4 Å². The van der Waals surface area contributed by atoms with Crippen LogP contribution < -0.4 is 14.5 Å². The highest BCUT2D eigenvalue weighted by molar-refractivity contribution is 5.96. The zero-order valence-electron chi connectivity index (χ0n) is 21.5. The number of methoxy groups -OCH3 is 1. The highest BCUT2D eigenvalue weighted by atomic mass is 19.1. The van der Waals surface area contributed by atoms with E-state index < -0.39 is 0 Å². The predicted octanol–water partition coefficient (Wildman–Crippen LogP) is 4.64. The maximum absolute atomic E-state index is 13.8. The second-order valence-electron chi connectivity index (χ2n) is 9.95. The molecule has 2 aliphatic rings. The normalized spacial score (nSPS) is 22.1. The Kier molecular flexibility index (Phi) is 7.50. The summed E-state index contributed by atoms with van der Waals surface area (Å²) in [6.45, 7) is 3.98. The first-order valence-corrected chi connectivity index (χ1v) is 12.8. The summed E-state index contributed by atoms with van der Waals surface area (Å²) in [6.07, 6.45) is 5.82. The van der Waals surface area contributed by atoms with Gasteiger partial charge in [0, 0.05) is 55.5 Å². The van der Waals surface area contributed by atoms with Gasteiger partial charge in [-0.25, -0.2) is 4.39 Å². The number of benzene rings is 2. The zero-order chi connectivity index (χ0) is 25.8. The zero-order valence-corrected chi connectivity index (χ0v) is 21.5. The number of morpholine rings is 1. The van der Waals surface area contributed by atoms with Gasteiger partial charge < -0.3 is 14.8 Å². The summed E-state index contributed by atoms with van der Waals surface area (Å²) < 4.78 is 25.6. The van der Waals surface area contributed by atoms with Gasteiger partial charge in [-0.3, -0.25) is 19.2 Å². The molecular weight excluding hydrogens is 471 g/mol. The summed E-state index contributed by atoms with van der Waals surface area (Å²) >= 11 is 0. The van der Waals surface area contributed by atoms with E-state index in [2.05, 4.69) is 28.3 Å². The predicted molar refractivity (Wildman–Crippen MR) is 143 cm³/mol. The third kappa shape index (κ3) is 5.37. The summed E-state index contributed by atoms with van der Waals surface area (Å²) in [5.41, 5.74) is 4.73. The Morgan fingerprint density at radius 3 is 2.70 bits per heavy atom. The third-order valence-electron chi connectivity index (χ3n) is 7.63. The van der Waals surface area contributed by atoms with Crippen LogP contribution in [0.4, 0.5) is 15.8 Å². The smallest absolute Gasteiger partial charge is 0.238 e. The molecule has 0 saturated carbocycles. The molecule has 0 spiro atoms. The van der Waals surface area contributed by atoms with Crippen LogP contribution in [0.15, 0.2) is 60.9 Å². The number of hydrogen-bond donors (Lipinski definition) is 1. The number of nitrogens with one attached hydrogen (secondary N) is 1. The van der Waals surface area contributed by atoms with E-state index in [1.165, 1.54) is 17.7 Å². The fourth-order valence-electron chi connectivity index (χ4n) is 5.68. The number of carbonyl (C=O) groups excluding carboxylic acids is 1. The molecule has 2 fully saturated rings. The number of amides is 1. The molecule has 7 nitrogen and oxygen atoms in total. The van der Waals surface area contributed by atoms with Gasteiger partial charge in [0.25, 0.3) is 0 Å². The van der Waals surface area contributed by atoms with E-state index in [0.717, 1.165) is 49.3 Å². The molecule has 1 aromatic heterocycles. The minimum absolute atomic E-state index is 0.0893. The minimum atomic E-state index is -0.279. The molecule has 2 atom stereocenters. The lowest BCUT2D eigenvalue weighted by atomic mass is 9.97. The van der Waals surface area contributed by atoms with Crippen LogP contribution >= 0.6 is 0 Å². The Labute approximate surface area is 217 Å². The molecule has 3 aromatic rings. The molecule has 37 heavy (non-hydrogen) atoms. The lowest BCUT2D eigenvalue weighted by Gasteiger charge is -2.38. The Bertz CT molecular complexity index is 1230. The lowest BCUT2D eigenvalue weighted by Crippen LogP contribution is -2.44. The number of carbonyl (C=O) groups is 1. The molecule has 2 aromatic carbocycles. The van der Waals surface area contributed by atoms with Gasteiger partial charge in [-0.1, -0.05) is 18.2 Å². The van der Waals surface area contributed by atoms with Crippen molar-refractivity contribution in [1.82, 2.24) is 14.4 Å². The van der Waals surface area contributed by atoms with Gasteiger partial charge in [0.05, 0.1) is 46.1 Å². The number of anilines is 1. The van der Waals surface area contributed by atoms with Crippen LogP contribution in [0.25, 0.3) is 11.1 Å². The number of halogens is 1. The number of hydrogen-bond acceptors (Lipinski definition) is 5. The van der Waals surface area contributed by atoms with Gasteiger partial charge in [0.15, 0.2) is 0 Å². The maximum Gasteiger partial charge on any atom is 0.238 e. The summed E-state index contributed by atoms with van der Waals surface area (Å²) in [7, 11) is 3.84. The number of rotatable bonds is 7. The fourth-order valence-corrected chi connectivity index (χ4v) is 5.68. The molecule has 3 heterocycles. The van der Waals surface area contributed by atoms with Crippen molar-refractivity contribution in [3.05, 3.63) is 72.3 Å². The number of aromatic nitrogens is 1. The third-order valence-corrected chi connectivity index (χ3v) is 7.63. The van der Waals surface area contributed by atoms with Crippen LogP contribution in [0.3, 0.4) is 0 Å². The number of ether oxygens (including phenoxy) is 2.